The van der Waals surface area contributed by atoms with Gasteiger partial charge in [0.2, 0.25) is 0 Å². The molecule has 0 aliphatic carbocycles. The summed E-state index contributed by atoms with van der Waals surface area (Å²) in [6.07, 6.45) is 0.823. The number of anilines is 1. The van der Waals surface area contributed by atoms with Gasteiger partial charge in [0.05, 0.1) is 25.0 Å². The average Bonchev–Trinajstić information content (AvgIpc) is 3.07. The van der Waals surface area contributed by atoms with Crippen LogP contribution < -0.4 is 5.73 Å². The van der Waals surface area contributed by atoms with Crippen LogP contribution in [0.4, 0.5) is 5.82 Å². The van der Waals surface area contributed by atoms with Crippen molar-refractivity contribution < 1.29 is 9.53 Å². The molecular formula is C13H16N4O2S. The number of methoxy groups -OCH3 is 1. The van der Waals surface area contributed by atoms with Gasteiger partial charge in [0.15, 0.2) is 0 Å². The van der Waals surface area contributed by atoms with E-state index in [9.17, 15) is 4.79 Å². The van der Waals surface area contributed by atoms with Gasteiger partial charge in [-0.2, -0.15) is 0 Å². The minimum absolute atomic E-state index is 0.0391. The number of rotatable bonds is 3. The van der Waals surface area contributed by atoms with Crippen LogP contribution in [0, 0.1) is 5.92 Å². The van der Waals surface area contributed by atoms with Crippen LogP contribution in [0.2, 0.25) is 0 Å². The van der Waals surface area contributed by atoms with E-state index in [0.717, 1.165) is 23.2 Å². The number of nitrogen functional groups attached to an aromatic ring is 1. The number of aromatic nitrogens is 2. The molecule has 20 heavy (non-hydrogen) atoms. The maximum Gasteiger partial charge on any atom is 0.310 e. The number of carbonyl (C=O) groups is 1. The predicted octanol–water partition coefficient (Wildman–Crippen LogP) is 1.27. The van der Waals surface area contributed by atoms with Gasteiger partial charge in [-0.1, -0.05) is 0 Å². The average molecular weight is 292 g/mol. The Morgan fingerprint density at radius 2 is 2.45 bits per heavy atom. The molecule has 3 heterocycles. The molecule has 0 saturated carbocycles. The Bertz CT molecular complexity index is 642. The van der Waals surface area contributed by atoms with Gasteiger partial charge in [0, 0.05) is 6.54 Å². The molecule has 2 N–H and O–H groups in total. The second kappa shape index (κ2) is 5.34. The Hall–Kier alpha value is -1.73. The van der Waals surface area contributed by atoms with Crippen molar-refractivity contribution in [2.24, 2.45) is 5.92 Å². The SMILES string of the molecule is COC(=O)C1CCN(Cc2nc(N)c3ccsc3n2)C1. The molecule has 1 aliphatic rings. The summed E-state index contributed by atoms with van der Waals surface area (Å²) in [5, 5.41) is 2.87. The van der Waals surface area contributed by atoms with Crippen molar-refractivity contribution in [1.29, 1.82) is 0 Å². The van der Waals surface area contributed by atoms with Crippen LogP contribution in [0.5, 0.6) is 0 Å². The number of carbonyl (C=O) groups excluding carboxylic acids is 1. The maximum absolute atomic E-state index is 11.5. The van der Waals surface area contributed by atoms with Crippen molar-refractivity contribution in [2.45, 2.75) is 13.0 Å². The number of hydrogen-bond acceptors (Lipinski definition) is 7. The highest BCUT2D eigenvalue weighted by Gasteiger charge is 2.29. The molecule has 1 saturated heterocycles. The highest BCUT2D eigenvalue weighted by atomic mass is 32.1. The standard InChI is InChI=1S/C13H16N4O2S/c1-19-13(18)8-2-4-17(6-8)7-10-15-11(14)9-3-5-20-12(9)16-10/h3,5,8H,2,4,6-7H2,1H3,(H2,14,15,16). The maximum atomic E-state index is 11.5. The highest BCUT2D eigenvalue weighted by molar-refractivity contribution is 7.16. The summed E-state index contributed by atoms with van der Waals surface area (Å²) in [6, 6.07) is 1.93. The van der Waals surface area contributed by atoms with Gasteiger partial charge in [0.1, 0.15) is 16.5 Å². The normalized spacial score (nSPS) is 19.6. The predicted molar refractivity (Wildman–Crippen MR) is 77.2 cm³/mol. The van der Waals surface area contributed by atoms with Crippen LogP contribution in [0.15, 0.2) is 11.4 Å². The zero-order chi connectivity index (χ0) is 14.1. The van der Waals surface area contributed by atoms with Gasteiger partial charge >= 0.3 is 5.97 Å². The molecule has 6 nitrogen and oxygen atoms in total. The molecule has 3 rings (SSSR count). The van der Waals surface area contributed by atoms with Crippen LogP contribution in [0.25, 0.3) is 10.2 Å². The minimum Gasteiger partial charge on any atom is -0.469 e. The van der Waals surface area contributed by atoms with E-state index in [-0.39, 0.29) is 11.9 Å². The summed E-state index contributed by atoms with van der Waals surface area (Å²) in [7, 11) is 1.43. The van der Waals surface area contributed by atoms with Gasteiger partial charge in [-0.05, 0) is 24.4 Å². The Balaban J connectivity index is 1.72. The largest absolute Gasteiger partial charge is 0.469 e. The molecule has 2 aromatic heterocycles. The number of esters is 1. The number of thiophene rings is 1. The summed E-state index contributed by atoms with van der Waals surface area (Å²) < 4.78 is 4.78. The van der Waals surface area contributed by atoms with E-state index in [2.05, 4.69) is 14.9 Å². The van der Waals surface area contributed by atoms with Gasteiger partial charge in [0.25, 0.3) is 0 Å². The summed E-state index contributed by atoms with van der Waals surface area (Å²) in [4.78, 5) is 23.4. The fraction of sp³-hybridized carbons (Fsp3) is 0.462. The lowest BCUT2D eigenvalue weighted by atomic mass is 10.1. The summed E-state index contributed by atoms with van der Waals surface area (Å²) in [5.41, 5.74) is 5.94. The first-order valence-electron chi connectivity index (χ1n) is 6.47. The van der Waals surface area contributed by atoms with E-state index < -0.39 is 0 Å². The summed E-state index contributed by atoms with van der Waals surface area (Å²) in [6.45, 7) is 2.16. The first kappa shape index (κ1) is 13.3. The molecule has 1 aliphatic heterocycles. The topological polar surface area (TPSA) is 81.3 Å². The van der Waals surface area contributed by atoms with Crippen LogP contribution in [0.1, 0.15) is 12.2 Å². The van der Waals surface area contributed by atoms with Crippen LogP contribution >= 0.6 is 11.3 Å². The third kappa shape index (κ3) is 2.46. The minimum atomic E-state index is -0.137. The highest BCUT2D eigenvalue weighted by Crippen LogP contribution is 2.24. The lowest BCUT2D eigenvalue weighted by molar-refractivity contribution is -0.144. The van der Waals surface area contributed by atoms with Crippen molar-refractivity contribution in [3.05, 3.63) is 17.3 Å². The van der Waals surface area contributed by atoms with Crippen molar-refractivity contribution in [1.82, 2.24) is 14.9 Å². The molecular weight excluding hydrogens is 276 g/mol. The van der Waals surface area contributed by atoms with Crippen molar-refractivity contribution in [3.63, 3.8) is 0 Å². The molecule has 106 valence electrons. The third-order valence-electron chi connectivity index (χ3n) is 3.57. The second-order valence-electron chi connectivity index (χ2n) is 4.91. The third-order valence-corrected chi connectivity index (χ3v) is 4.38. The first-order chi connectivity index (χ1) is 9.67. The number of fused-ring (bicyclic) bond motifs is 1. The van der Waals surface area contributed by atoms with E-state index in [1.165, 1.54) is 7.11 Å². The Morgan fingerprint density at radius 3 is 3.25 bits per heavy atom. The van der Waals surface area contributed by atoms with Crippen molar-refractivity contribution in [3.8, 4) is 0 Å². The molecule has 0 spiro atoms. The van der Waals surface area contributed by atoms with Gasteiger partial charge < -0.3 is 10.5 Å². The Morgan fingerprint density at radius 1 is 1.60 bits per heavy atom. The Labute approximate surface area is 120 Å². The molecule has 0 aromatic carbocycles. The van der Waals surface area contributed by atoms with Crippen LogP contribution in [-0.2, 0) is 16.1 Å². The molecule has 1 atom stereocenters. The van der Waals surface area contributed by atoms with E-state index >= 15 is 0 Å². The van der Waals surface area contributed by atoms with E-state index in [4.69, 9.17) is 10.5 Å². The number of likely N-dealkylation sites (tertiary alicyclic amines) is 1. The molecule has 0 amide bonds. The summed E-state index contributed by atoms with van der Waals surface area (Å²) >= 11 is 1.56. The van der Waals surface area contributed by atoms with E-state index in [0.29, 0.717) is 24.7 Å². The van der Waals surface area contributed by atoms with Crippen molar-refractivity contribution in [2.75, 3.05) is 25.9 Å². The number of nitrogens with zero attached hydrogens (tertiary/aromatic N) is 3. The first-order valence-corrected chi connectivity index (χ1v) is 7.35. The smallest absolute Gasteiger partial charge is 0.310 e. The lowest BCUT2D eigenvalue weighted by Gasteiger charge is -2.14. The molecule has 1 unspecified atom stereocenters. The molecule has 2 aromatic rings. The van der Waals surface area contributed by atoms with Gasteiger partial charge in [-0.25, -0.2) is 9.97 Å². The Kier molecular flexibility index (Phi) is 3.54. The number of hydrogen-bond donors (Lipinski definition) is 1. The molecule has 7 heteroatoms. The second-order valence-corrected chi connectivity index (χ2v) is 5.80. The molecule has 1 fully saturated rings. The van der Waals surface area contributed by atoms with Crippen LogP contribution in [0.3, 0.4) is 0 Å². The number of nitrogens with two attached hydrogens (primary N) is 1. The monoisotopic (exact) mass is 292 g/mol. The van der Waals surface area contributed by atoms with Gasteiger partial charge in [-0.3, -0.25) is 9.69 Å². The van der Waals surface area contributed by atoms with Crippen molar-refractivity contribution >= 4 is 33.3 Å². The van der Waals surface area contributed by atoms with Crippen LogP contribution in [-0.4, -0.2) is 41.0 Å². The van der Waals surface area contributed by atoms with E-state index in [1.54, 1.807) is 11.3 Å². The zero-order valence-corrected chi connectivity index (χ0v) is 12.0. The fourth-order valence-electron chi connectivity index (χ4n) is 2.53. The zero-order valence-electron chi connectivity index (χ0n) is 11.2. The van der Waals surface area contributed by atoms with E-state index in [1.807, 2.05) is 11.4 Å². The molecule has 0 bridgehead atoms. The quantitative estimate of drug-likeness (QED) is 0.858. The number of ether oxygens (including phenoxy) is 1. The molecule has 0 radical (unpaired) electrons. The van der Waals surface area contributed by atoms with Gasteiger partial charge in [-0.15, -0.1) is 11.3 Å². The lowest BCUT2D eigenvalue weighted by Crippen LogP contribution is -2.24. The fourth-order valence-corrected chi connectivity index (χ4v) is 3.32. The summed E-state index contributed by atoms with van der Waals surface area (Å²) in [5.74, 6) is 1.06.